The summed E-state index contributed by atoms with van der Waals surface area (Å²) in [5.74, 6) is 0.376. The number of carbonyl (C=O) groups is 2. The Morgan fingerprint density at radius 3 is 2.24 bits per heavy atom. The van der Waals surface area contributed by atoms with E-state index < -0.39 is 6.09 Å². The van der Waals surface area contributed by atoms with Crippen LogP contribution in [0.4, 0.5) is 9.59 Å². The van der Waals surface area contributed by atoms with Gasteiger partial charge in [0.05, 0.1) is 0 Å². The van der Waals surface area contributed by atoms with Crippen LogP contribution in [0.3, 0.4) is 0 Å². The zero-order valence-electron chi connectivity index (χ0n) is 14.2. The van der Waals surface area contributed by atoms with E-state index in [1.807, 2.05) is 27.7 Å². The molecule has 1 N–H and O–H groups in total. The van der Waals surface area contributed by atoms with Crippen molar-refractivity contribution in [3.63, 3.8) is 0 Å². The molecule has 0 rings (SSSR count). The Balaban J connectivity index is 4.31. The molecular formula is C15H30N2O4. The molecule has 0 bridgehead atoms. The lowest BCUT2D eigenvalue weighted by Gasteiger charge is -2.28. The van der Waals surface area contributed by atoms with Crippen LogP contribution in [0.2, 0.25) is 0 Å². The van der Waals surface area contributed by atoms with Crippen LogP contribution in [0.15, 0.2) is 0 Å². The minimum Gasteiger partial charge on any atom is -0.449 e. The molecule has 0 aliphatic carbocycles. The van der Waals surface area contributed by atoms with E-state index in [2.05, 4.69) is 5.32 Å². The molecule has 1 unspecified atom stereocenters. The largest absolute Gasteiger partial charge is 0.449 e. The van der Waals surface area contributed by atoms with Gasteiger partial charge in [-0.3, -0.25) is 0 Å². The van der Waals surface area contributed by atoms with E-state index in [0.717, 1.165) is 12.8 Å². The number of rotatable bonds is 8. The van der Waals surface area contributed by atoms with Crippen LogP contribution in [-0.4, -0.2) is 50.9 Å². The summed E-state index contributed by atoms with van der Waals surface area (Å²) in [6.45, 7) is 9.07. The lowest BCUT2D eigenvalue weighted by Crippen LogP contribution is -2.36. The van der Waals surface area contributed by atoms with Crippen LogP contribution in [0, 0.1) is 11.3 Å². The van der Waals surface area contributed by atoms with Gasteiger partial charge in [0.15, 0.2) is 0 Å². The van der Waals surface area contributed by atoms with E-state index in [9.17, 15) is 9.59 Å². The van der Waals surface area contributed by atoms with Gasteiger partial charge in [-0.15, -0.1) is 0 Å². The molecule has 6 nitrogen and oxygen atoms in total. The lowest BCUT2D eigenvalue weighted by molar-refractivity contribution is 0.0231. The molecule has 0 aromatic heterocycles. The van der Waals surface area contributed by atoms with Crippen molar-refractivity contribution in [3.8, 4) is 0 Å². The predicted octanol–water partition coefficient (Wildman–Crippen LogP) is 2.87. The van der Waals surface area contributed by atoms with Crippen LogP contribution >= 0.6 is 0 Å². The minimum absolute atomic E-state index is 0.228. The Hall–Kier alpha value is -1.46. The molecule has 0 aliphatic heterocycles. The van der Waals surface area contributed by atoms with Gasteiger partial charge in [0.2, 0.25) is 0 Å². The van der Waals surface area contributed by atoms with Gasteiger partial charge in [0.1, 0.15) is 13.2 Å². The first-order chi connectivity index (χ1) is 9.70. The summed E-state index contributed by atoms with van der Waals surface area (Å²) in [4.78, 5) is 24.5. The van der Waals surface area contributed by atoms with Crippen molar-refractivity contribution in [1.82, 2.24) is 10.2 Å². The van der Waals surface area contributed by atoms with Crippen molar-refractivity contribution in [2.75, 3.05) is 33.9 Å². The number of nitrogens with one attached hydrogen (secondary N) is 1. The van der Waals surface area contributed by atoms with E-state index in [-0.39, 0.29) is 24.7 Å². The molecule has 21 heavy (non-hydrogen) atoms. The Morgan fingerprint density at radius 1 is 1.19 bits per heavy atom. The second-order valence-electron chi connectivity index (χ2n) is 6.36. The second-order valence-corrected chi connectivity index (χ2v) is 6.36. The van der Waals surface area contributed by atoms with Gasteiger partial charge in [-0.25, -0.2) is 9.59 Å². The van der Waals surface area contributed by atoms with Crippen LogP contribution in [0.5, 0.6) is 0 Å². The Kier molecular flexibility index (Phi) is 8.81. The molecule has 0 fully saturated rings. The van der Waals surface area contributed by atoms with Crippen LogP contribution in [0.1, 0.15) is 40.5 Å². The van der Waals surface area contributed by atoms with Crippen molar-refractivity contribution >= 4 is 12.2 Å². The fourth-order valence-corrected chi connectivity index (χ4v) is 1.73. The summed E-state index contributed by atoms with van der Waals surface area (Å²) in [5.41, 5.74) is -0.365. The van der Waals surface area contributed by atoms with Gasteiger partial charge < -0.3 is 19.7 Å². The molecular weight excluding hydrogens is 272 g/mol. The summed E-state index contributed by atoms with van der Waals surface area (Å²) >= 11 is 0. The molecule has 1 atom stereocenters. The van der Waals surface area contributed by atoms with Crippen molar-refractivity contribution in [2.45, 2.75) is 40.5 Å². The number of amides is 2. The normalized spacial score (nSPS) is 13.5. The topological polar surface area (TPSA) is 67.9 Å². The van der Waals surface area contributed by atoms with E-state index in [1.165, 1.54) is 4.90 Å². The number of nitrogens with zero attached hydrogens (tertiary/aromatic N) is 1. The van der Waals surface area contributed by atoms with Gasteiger partial charge in [-0.1, -0.05) is 34.1 Å². The number of ether oxygens (including phenoxy) is 2. The predicted molar refractivity (Wildman–Crippen MR) is 82.2 cm³/mol. The molecule has 6 heteroatoms. The molecule has 0 aliphatic rings. The van der Waals surface area contributed by atoms with Crippen molar-refractivity contribution in [2.24, 2.45) is 11.3 Å². The third kappa shape index (κ3) is 9.15. The van der Waals surface area contributed by atoms with E-state index >= 15 is 0 Å². The zero-order valence-corrected chi connectivity index (χ0v) is 14.2. The van der Waals surface area contributed by atoms with Gasteiger partial charge in [-0.05, 0) is 12.3 Å². The van der Waals surface area contributed by atoms with E-state index in [4.69, 9.17) is 9.47 Å². The summed E-state index contributed by atoms with van der Waals surface area (Å²) < 4.78 is 10.5. The SMILES string of the molecule is CCCC(C)(COC(=O)NCC(C)C)COC(=O)N(C)C. The second kappa shape index (κ2) is 9.47. The molecule has 124 valence electrons. The quantitative estimate of drug-likeness (QED) is 0.748. The highest BCUT2D eigenvalue weighted by molar-refractivity contribution is 5.67. The standard InChI is InChI=1S/C15H30N2O4/c1-7-8-15(4,11-21-14(19)17(5)6)10-20-13(18)16-9-12(2)3/h12H,7-11H2,1-6H3,(H,16,18). The zero-order chi connectivity index (χ0) is 16.5. The van der Waals surface area contributed by atoms with Crippen LogP contribution < -0.4 is 5.32 Å². The van der Waals surface area contributed by atoms with Gasteiger partial charge in [0, 0.05) is 26.1 Å². The van der Waals surface area contributed by atoms with Crippen LogP contribution in [-0.2, 0) is 9.47 Å². The fraction of sp³-hybridized carbons (Fsp3) is 0.867. The summed E-state index contributed by atoms with van der Waals surface area (Å²) in [5, 5.41) is 2.70. The van der Waals surface area contributed by atoms with E-state index in [1.54, 1.807) is 14.1 Å². The fourth-order valence-electron chi connectivity index (χ4n) is 1.73. The summed E-state index contributed by atoms with van der Waals surface area (Å²) in [6, 6.07) is 0. The van der Waals surface area contributed by atoms with Gasteiger partial charge >= 0.3 is 12.2 Å². The molecule has 0 heterocycles. The number of alkyl carbamates (subject to hydrolysis) is 1. The minimum atomic E-state index is -0.426. The Bertz CT molecular complexity index is 332. The molecule has 0 aromatic rings. The van der Waals surface area contributed by atoms with Gasteiger partial charge in [-0.2, -0.15) is 0 Å². The first-order valence-corrected chi connectivity index (χ1v) is 7.45. The van der Waals surface area contributed by atoms with Crippen molar-refractivity contribution < 1.29 is 19.1 Å². The van der Waals surface area contributed by atoms with E-state index in [0.29, 0.717) is 12.5 Å². The molecule has 0 radical (unpaired) electrons. The van der Waals surface area contributed by atoms with Crippen molar-refractivity contribution in [1.29, 1.82) is 0 Å². The number of hydrogen-bond donors (Lipinski definition) is 1. The third-order valence-corrected chi connectivity index (χ3v) is 2.97. The maximum absolute atomic E-state index is 11.6. The molecule has 0 saturated carbocycles. The monoisotopic (exact) mass is 302 g/mol. The maximum Gasteiger partial charge on any atom is 0.409 e. The third-order valence-electron chi connectivity index (χ3n) is 2.97. The highest BCUT2D eigenvalue weighted by Crippen LogP contribution is 2.24. The Morgan fingerprint density at radius 2 is 1.76 bits per heavy atom. The molecule has 0 spiro atoms. The summed E-state index contributed by atoms with van der Waals surface area (Å²) in [6.07, 6.45) is 0.921. The average molecular weight is 302 g/mol. The van der Waals surface area contributed by atoms with Crippen LogP contribution in [0.25, 0.3) is 0 Å². The molecule has 2 amide bonds. The smallest absolute Gasteiger partial charge is 0.409 e. The summed E-state index contributed by atoms with van der Waals surface area (Å²) in [7, 11) is 3.27. The number of hydrogen-bond acceptors (Lipinski definition) is 4. The highest BCUT2D eigenvalue weighted by atomic mass is 16.6. The van der Waals surface area contributed by atoms with Crippen molar-refractivity contribution in [3.05, 3.63) is 0 Å². The van der Waals surface area contributed by atoms with Gasteiger partial charge in [0.25, 0.3) is 0 Å². The maximum atomic E-state index is 11.6. The first-order valence-electron chi connectivity index (χ1n) is 7.45. The molecule has 0 aromatic carbocycles. The highest BCUT2D eigenvalue weighted by Gasteiger charge is 2.28. The average Bonchev–Trinajstić information content (AvgIpc) is 2.40. The molecule has 0 saturated heterocycles. The Labute approximate surface area is 128 Å². The number of carbonyl (C=O) groups excluding carboxylic acids is 2. The first kappa shape index (κ1) is 19.5. The lowest BCUT2D eigenvalue weighted by atomic mass is 9.87.